The number of piperidine rings is 1. The van der Waals surface area contributed by atoms with Crippen LogP contribution in [0, 0.1) is 11.3 Å². The van der Waals surface area contributed by atoms with E-state index in [9.17, 15) is 0 Å². The molecule has 0 aromatic heterocycles. The molecule has 2 aromatic carbocycles. The molecule has 1 aliphatic heterocycles. The van der Waals surface area contributed by atoms with Gasteiger partial charge in [-0.25, -0.2) is 0 Å². The second-order valence-electron chi connectivity index (χ2n) is 6.62. The first-order valence-corrected chi connectivity index (χ1v) is 9.53. The molecule has 1 unspecified atom stereocenters. The number of hydrogen-bond acceptors (Lipinski definition) is 3. The van der Waals surface area contributed by atoms with E-state index in [0.717, 1.165) is 48.2 Å². The smallest absolute Gasteiger partial charge is 0.191 e. The van der Waals surface area contributed by atoms with Gasteiger partial charge in [0.1, 0.15) is 0 Å². The van der Waals surface area contributed by atoms with Crippen molar-refractivity contribution in [2.45, 2.75) is 25.4 Å². The van der Waals surface area contributed by atoms with Crippen LogP contribution in [0.5, 0.6) is 0 Å². The number of nitrogens with zero attached hydrogens (tertiary/aromatic N) is 3. The number of hydrogen-bond donors (Lipinski definition) is 2. The van der Waals surface area contributed by atoms with E-state index in [1.54, 1.807) is 7.05 Å². The standard InChI is InChI=1S/C21H24ClN5.HI/c1-24-21(25-14-17-10-8-16(13-23)9-11-17)26-18-5-4-12-27(15-18)20-7-3-2-6-19(20)22;/h2-3,6-11,18H,4-5,12,14-15H2,1H3,(H2,24,25,26);1H. The second-order valence-corrected chi connectivity index (χ2v) is 7.02. The predicted molar refractivity (Wildman–Crippen MR) is 127 cm³/mol. The van der Waals surface area contributed by atoms with E-state index in [2.05, 4.69) is 32.7 Å². The number of benzene rings is 2. The molecule has 5 nitrogen and oxygen atoms in total. The number of rotatable bonds is 4. The highest BCUT2D eigenvalue weighted by molar-refractivity contribution is 14.0. The van der Waals surface area contributed by atoms with Crippen molar-refractivity contribution in [3.05, 3.63) is 64.7 Å². The Hall–Kier alpha value is -1.98. The van der Waals surface area contributed by atoms with Gasteiger partial charge in [-0.2, -0.15) is 5.26 Å². The molecule has 0 saturated carbocycles. The van der Waals surface area contributed by atoms with Crippen molar-refractivity contribution >= 4 is 47.2 Å². The van der Waals surface area contributed by atoms with Crippen LogP contribution in [0.3, 0.4) is 0 Å². The average molecular weight is 510 g/mol. The van der Waals surface area contributed by atoms with Gasteiger partial charge in [0.15, 0.2) is 5.96 Å². The van der Waals surface area contributed by atoms with E-state index in [1.165, 1.54) is 0 Å². The summed E-state index contributed by atoms with van der Waals surface area (Å²) in [6, 6.07) is 18.0. The fraction of sp³-hybridized carbons (Fsp3) is 0.333. The van der Waals surface area contributed by atoms with E-state index >= 15 is 0 Å². The Labute approximate surface area is 188 Å². The lowest BCUT2D eigenvalue weighted by Gasteiger charge is -2.35. The Balaban J connectivity index is 0.00000280. The summed E-state index contributed by atoms with van der Waals surface area (Å²) in [4.78, 5) is 6.67. The van der Waals surface area contributed by atoms with Gasteiger partial charge in [0.05, 0.1) is 22.3 Å². The third-order valence-electron chi connectivity index (χ3n) is 4.72. The molecule has 0 amide bonds. The summed E-state index contributed by atoms with van der Waals surface area (Å²) in [5.41, 5.74) is 2.87. The lowest BCUT2D eigenvalue weighted by molar-refractivity contribution is 0.468. The van der Waals surface area contributed by atoms with Crippen molar-refractivity contribution in [1.29, 1.82) is 5.26 Å². The molecular weight excluding hydrogens is 485 g/mol. The Bertz CT molecular complexity index is 831. The first kappa shape index (κ1) is 22.3. The van der Waals surface area contributed by atoms with Crippen molar-refractivity contribution in [3.8, 4) is 6.07 Å². The molecule has 7 heteroatoms. The maximum Gasteiger partial charge on any atom is 0.191 e. The van der Waals surface area contributed by atoms with Gasteiger partial charge in [0.25, 0.3) is 0 Å². The number of nitrogens with one attached hydrogen (secondary N) is 2. The number of aliphatic imine (C=N–C) groups is 1. The number of halogens is 2. The number of para-hydroxylation sites is 1. The lowest BCUT2D eigenvalue weighted by atomic mass is 10.0. The van der Waals surface area contributed by atoms with E-state index in [-0.39, 0.29) is 24.0 Å². The summed E-state index contributed by atoms with van der Waals surface area (Å²) >= 11 is 6.36. The average Bonchev–Trinajstić information content (AvgIpc) is 2.72. The Kier molecular flexibility index (Phi) is 8.87. The van der Waals surface area contributed by atoms with Crippen molar-refractivity contribution in [2.24, 2.45) is 4.99 Å². The van der Waals surface area contributed by atoms with E-state index in [1.807, 2.05) is 42.5 Å². The third kappa shape index (κ3) is 6.01. The minimum atomic E-state index is 0. The first-order valence-electron chi connectivity index (χ1n) is 9.15. The predicted octanol–water partition coefficient (Wildman–Crippen LogP) is 4.16. The van der Waals surface area contributed by atoms with E-state index in [0.29, 0.717) is 18.2 Å². The minimum Gasteiger partial charge on any atom is -0.368 e. The Morgan fingerprint density at radius 3 is 2.68 bits per heavy atom. The molecule has 3 rings (SSSR count). The zero-order valence-corrected chi connectivity index (χ0v) is 18.9. The van der Waals surface area contributed by atoms with Crippen LogP contribution in [0.2, 0.25) is 5.02 Å². The largest absolute Gasteiger partial charge is 0.368 e. The zero-order valence-electron chi connectivity index (χ0n) is 15.9. The van der Waals surface area contributed by atoms with Crippen LogP contribution in [0.1, 0.15) is 24.0 Å². The normalized spacial score (nSPS) is 16.7. The minimum absolute atomic E-state index is 0. The van der Waals surface area contributed by atoms with E-state index < -0.39 is 0 Å². The summed E-state index contributed by atoms with van der Waals surface area (Å²) in [5, 5.41) is 16.5. The molecule has 1 atom stereocenters. The maximum atomic E-state index is 8.88. The highest BCUT2D eigenvalue weighted by atomic mass is 127. The van der Waals surface area contributed by atoms with Crippen LogP contribution >= 0.6 is 35.6 Å². The van der Waals surface area contributed by atoms with Gasteiger partial charge in [0, 0.05) is 32.7 Å². The monoisotopic (exact) mass is 509 g/mol. The number of guanidine groups is 1. The number of anilines is 1. The van der Waals surface area contributed by atoms with Crippen LogP contribution in [0.25, 0.3) is 0 Å². The molecule has 28 heavy (non-hydrogen) atoms. The van der Waals surface area contributed by atoms with Crippen molar-refractivity contribution in [2.75, 3.05) is 25.0 Å². The fourth-order valence-corrected chi connectivity index (χ4v) is 3.55. The Morgan fingerprint density at radius 1 is 1.25 bits per heavy atom. The van der Waals surface area contributed by atoms with Crippen molar-refractivity contribution in [1.82, 2.24) is 10.6 Å². The molecule has 0 radical (unpaired) electrons. The van der Waals surface area contributed by atoms with Gasteiger partial charge in [-0.3, -0.25) is 4.99 Å². The van der Waals surface area contributed by atoms with Crippen LogP contribution in [0.4, 0.5) is 5.69 Å². The number of nitriles is 1. The quantitative estimate of drug-likeness (QED) is 0.369. The molecular formula is C21H25ClIN5. The Morgan fingerprint density at radius 2 is 2.00 bits per heavy atom. The topological polar surface area (TPSA) is 63.5 Å². The summed E-state index contributed by atoms with van der Waals surface area (Å²) in [7, 11) is 1.78. The molecule has 148 valence electrons. The lowest BCUT2D eigenvalue weighted by Crippen LogP contribution is -2.51. The first-order chi connectivity index (χ1) is 13.2. The molecule has 2 N–H and O–H groups in total. The third-order valence-corrected chi connectivity index (χ3v) is 5.04. The van der Waals surface area contributed by atoms with Crippen LogP contribution in [0.15, 0.2) is 53.5 Å². The summed E-state index contributed by atoms with van der Waals surface area (Å²) in [6.07, 6.45) is 2.20. The molecule has 1 saturated heterocycles. The van der Waals surface area contributed by atoms with Crippen molar-refractivity contribution in [3.63, 3.8) is 0 Å². The van der Waals surface area contributed by atoms with Gasteiger partial charge < -0.3 is 15.5 Å². The zero-order chi connectivity index (χ0) is 19.1. The van der Waals surface area contributed by atoms with Crippen LogP contribution < -0.4 is 15.5 Å². The van der Waals surface area contributed by atoms with Gasteiger partial charge in [0.2, 0.25) is 0 Å². The van der Waals surface area contributed by atoms with Gasteiger partial charge in [-0.15, -0.1) is 24.0 Å². The van der Waals surface area contributed by atoms with Crippen LogP contribution in [-0.2, 0) is 6.54 Å². The SMILES string of the molecule is CN=C(NCc1ccc(C#N)cc1)NC1CCCN(c2ccccc2Cl)C1.I. The molecule has 1 aliphatic rings. The highest BCUT2D eigenvalue weighted by Gasteiger charge is 2.22. The maximum absolute atomic E-state index is 8.88. The molecule has 0 aliphatic carbocycles. The summed E-state index contributed by atoms with van der Waals surface area (Å²) in [5.74, 6) is 0.783. The molecule has 0 spiro atoms. The highest BCUT2D eigenvalue weighted by Crippen LogP contribution is 2.27. The molecule has 1 heterocycles. The molecule has 0 bridgehead atoms. The van der Waals surface area contributed by atoms with Crippen LogP contribution in [-0.4, -0.2) is 32.1 Å². The van der Waals surface area contributed by atoms with Gasteiger partial charge in [-0.05, 0) is 42.7 Å². The van der Waals surface area contributed by atoms with Gasteiger partial charge >= 0.3 is 0 Å². The van der Waals surface area contributed by atoms with E-state index in [4.69, 9.17) is 16.9 Å². The summed E-state index contributed by atoms with van der Waals surface area (Å²) in [6.45, 7) is 2.56. The molecule has 1 fully saturated rings. The summed E-state index contributed by atoms with van der Waals surface area (Å²) < 4.78 is 0. The fourth-order valence-electron chi connectivity index (χ4n) is 3.29. The van der Waals surface area contributed by atoms with Gasteiger partial charge in [-0.1, -0.05) is 35.9 Å². The molecule has 2 aromatic rings. The van der Waals surface area contributed by atoms with Crippen molar-refractivity contribution < 1.29 is 0 Å². The second kappa shape index (κ2) is 11.1.